The van der Waals surface area contributed by atoms with Gasteiger partial charge in [-0.1, -0.05) is 24.3 Å². The lowest BCUT2D eigenvalue weighted by Gasteiger charge is -2.13. The van der Waals surface area contributed by atoms with Crippen molar-refractivity contribution < 1.29 is 18.7 Å². The Hall–Kier alpha value is -3.80. The highest BCUT2D eigenvalue weighted by Gasteiger charge is 2.14. The molecule has 0 aliphatic rings. The minimum Gasteiger partial charge on any atom is -0.495 e. The van der Waals surface area contributed by atoms with Crippen LogP contribution in [-0.2, 0) is 4.79 Å². The number of hydrogen-bond donors (Lipinski definition) is 1. The molecule has 152 valence electrons. The summed E-state index contributed by atoms with van der Waals surface area (Å²) in [5.41, 5.74) is 4.86. The highest BCUT2D eigenvalue weighted by Crippen LogP contribution is 2.32. The van der Waals surface area contributed by atoms with Crippen molar-refractivity contribution in [3.8, 4) is 23.0 Å². The molecule has 0 aliphatic heterocycles. The van der Waals surface area contributed by atoms with Gasteiger partial charge >= 0.3 is 0 Å². The van der Waals surface area contributed by atoms with Crippen LogP contribution in [0.4, 0.5) is 5.69 Å². The van der Waals surface area contributed by atoms with E-state index in [0.29, 0.717) is 28.7 Å². The number of nitrogens with one attached hydrogen (secondary N) is 1. The summed E-state index contributed by atoms with van der Waals surface area (Å²) in [4.78, 5) is 17.0. The van der Waals surface area contributed by atoms with E-state index in [1.165, 1.54) is 0 Å². The second-order valence-electron chi connectivity index (χ2n) is 6.94. The first-order chi connectivity index (χ1) is 14.5. The van der Waals surface area contributed by atoms with E-state index in [9.17, 15) is 4.79 Å². The fourth-order valence-electron chi connectivity index (χ4n) is 3.14. The number of para-hydroxylation sites is 2. The Bertz CT molecular complexity index is 1180. The third-order valence-electron chi connectivity index (χ3n) is 4.93. The molecule has 3 aromatic carbocycles. The third kappa shape index (κ3) is 3.98. The summed E-state index contributed by atoms with van der Waals surface area (Å²) in [5.74, 6) is 1.41. The van der Waals surface area contributed by atoms with Crippen LogP contribution < -0.4 is 14.8 Å². The molecule has 4 rings (SSSR count). The Morgan fingerprint density at radius 2 is 1.87 bits per heavy atom. The highest BCUT2D eigenvalue weighted by atomic mass is 16.5. The molecule has 1 heterocycles. The second-order valence-corrected chi connectivity index (χ2v) is 6.94. The number of ether oxygens (including phenoxy) is 2. The average molecular weight is 402 g/mol. The van der Waals surface area contributed by atoms with Crippen LogP contribution in [0, 0.1) is 13.8 Å². The van der Waals surface area contributed by atoms with Crippen molar-refractivity contribution in [1.82, 2.24) is 4.98 Å². The molecule has 6 heteroatoms. The molecule has 0 saturated heterocycles. The summed E-state index contributed by atoms with van der Waals surface area (Å²) in [7, 11) is 1.55. The molecule has 1 N–H and O–H groups in total. The molecule has 0 radical (unpaired) electrons. The van der Waals surface area contributed by atoms with Gasteiger partial charge in [-0.3, -0.25) is 4.79 Å². The number of methoxy groups -OCH3 is 1. The number of carbonyl (C=O) groups is 1. The standard InChI is InChI=1S/C24H22N2O4/c1-15-7-6-10-20(16(15)2)29-14-23(27)25-19-13-17(11-12-21(19)28-3)24-26-18-8-4-5-9-22(18)30-24/h4-13H,14H2,1-3H3,(H,25,27). The summed E-state index contributed by atoms with van der Waals surface area (Å²) in [6, 6.07) is 18.7. The van der Waals surface area contributed by atoms with E-state index >= 15 is 0 Å². The first-order valence-corrected chi connectivity index (χ1v) is 9.58. The zero-order valence-electron chi connectivity index (χ0n) is 17.1. The normalized spacial score (nSPS) is 10.8. The first-order valence-electron chi connectivity index (χ1n) is 9.58. The zero-order chi connectivity index (χ0) is 21.1. The largest absolute Gasteiger partial charge is 0.495 e. The van der Waals surface area contributed by atoms with Crippen LogP contribution in [0.1, 0.15) is 11.1 Å². The van der Waals surface area contributed by atoms with E-state index in [1.807, 2.05) is 62.4 Å². The van der Waals surface area contributed by atoms with Crippen molar-refractivity contribution in [1.29, 1.82) is 0 Å². The highest BCUT2D eigenvalue weighted by molar-refractivity contribution is 5.94. The molecule has 0 bridgehead atoms. The van der Waals surface area contributed by atoms with Crippen molar-refractivity contribution in [2.75, 3.05) is 19.0 Å². The summed E-state index contributed by atoms with van der Waals surface area (Å²) >= 11 is 0. The summed E-state index contributed by atoms with van der Waals surface area (Å²) in [6.45, 7) is 3.86. The fourth-order valence-corrected chi connectivity index (χ4v) is 3.14. The number of aromatic nitrogens is 1. The van der Waals surface area contributed by atoms with Crippen LogP contribution in [0.25, 0.3) is 22.6 Å². The Balaban J connectivity index is 1.53. The minimum absolute atomic E-state index is 0.111. The van der Waals surface area contributed by atoms with Gasteiger partial charge in [0.25, 0.3) is 5.91 Å². The predicted octanol–water partition coefficient (Wildman–Crippen LogP) is 5.14. The summed E-state index contributed by atoms with van der Waals surface area (Å²) in [5, 5.41) is 2.85. The Labute approximate surface area is 174 Å². The van der Waals surface area contributed by atoms with E-state index in [4.69, 9.17) is 13.9 Å². The Morgan fingerprint density at radius 3 is 2.67 bits per heavy atom. The number of nitrogens with zero attached hydrogens (tertiary/aromatic N) is 1. The molecule has 1 aromatic heterocycles. The second kappa shape index (κ2) is 8.29. The molecule has 4 aromatic rings. The molecular weight excluding hydrogens is 380 g/mol. The first kappa shape index (κ1) is 19.5. The van der Waals surface area contributed by atoms with Crippen LogP contribution in [0.5, 0.6) is 11.5 Å². The summed E-state index contributed by atoms with van der Waals surface area (Å²) < 4.78 is 16.9. The van der Waals surface area contributed by atoms with E-state index < -0.39 is 0 Å². The SMILES string of the molecule is COc1ccc(-c2nc3ccccc3o2)cc1NC(=O)COc1cccc(C)c1C. The maximum Gasteiger partial charge on any atom is 0.262 e. The number of carbonyl (C=O) groups excluding carboxylic acids is 1. The molecule has 0 saturated carbocycles. The number of benzene rings is 3. The van der Waals surface area contributed by atoms with Crippen molar-refractivity contribution in [3.63, 3.8) is 0 Å². The number of anilines is 1. The average Bonchev–Trinajstić information content (AvgIpc) is 3.19. The van der Waals surface area contributed by atoms with Crippen LogP contribution in [0.15, 0.2) is 65.1 Å². The monoisotopic (exact) mass is 402 g/mol. The molecule has 6 nitrogen and oxygen atoms in total. The number of oxazole rings is 1. The van der Waals surface area contributed by atoms with Crippen molar-refractivity contribution in [2.24, 2.45) is 0 Å². The number of aryl methyl sites for hydroxylation is 1. The van der Waals surface area contributed by atoms with Gasteiger partial charge in [0.1, 0.15) is 17.0 Å². The van der Waals surface area contributed by atoms with E-state index in [1.54, 1.807) is 19.2 Å². The van der Waals surface area contributed by atoms with Gasteiger partial charge in [-0.2, -0.15) is 0 Å². The van der Waals surface area contributed by atoms with Crippen LogP contribution in [0.2, 0.25) is 0 Å². The van der Waals surface area contributed by atoms with Gasteiger partial charge in [-0.05, 0) is 61.4 Å². The van der Waals surface area contributed by atoms with Crippen molar-refractivity contribution in [3.05, 3.63) is 71.8 Å². The third-order valence-corrected chi connectivity index (χ3v) is 4.93. The van der Waals surface area contributed by atoms with E-state index in [2.05, 4.69) is 10.3 Å². The van der Waals surface area contributed by atoms with Gasteiger partial charge in [0.15, 0.2) is 12.2 Å². The van der Waals surface area contributed by atoms with Crippen molar-refractivity contribution >= 4 is 22.7 Å². The Kier molecular flexibility index (Phi) is 5.39. The van der Waals surface area contributed by atoms with Gasteiger partial charge in [0.05, 0.1) is 12.8 Å². The topological polar surface area (TPSA) is 73.6 Å². The van der Waals surface area contributed by atoms with E-state index in [0.717, 1.165) is 22.2 Å². The molecular formula is C24H22N2O4. The van der Waals surface area contributed by atoms with Gasteiger partial charge in [0.2, 0.25) is 5.89 Å². The molecule has 0 unspecified atom stereocenters. The van der Waals surface area contributed by atoms with Crippen LogP contribution >= 0.6 is 0 Å². The molecule has 0 aliphatic carbocycles. The fraction of sp³-hybridized carbons (Fsp3) is 0.167. The maximum atomic E-state index is 12.5. The molecule has 0 fully saturated rings. The predicted molar refractivity (Wildman–Crippen MR) is 116 cm³/mol. The minimum atomic E-state index is -0.288. The van der Waals surface area contributed by atoms with Gasteiger partial charge in [-0.25, -0.2) is 4.98 Å². The molecule has 0 spiro atoms. The van der Waals surface area contributed by atoms with Gasteiger partial charge in [0, 0.05) is 5.56 Å². The van der Waals surface area contributed by atoms with Gasteiger partial charge < -0.3 is 19.2 Å². The van der Waals surface area contributed by atoms with Gasteiger partial charge in [-0.15, -0.1) is 0 Å². The quantitative estimate of drug-likeness (QED) is 0.483. The summed E-state index contributed by atoms with van der Waals surface area (Å²) in [6.07, 6.45) is 0. The molecule has 30 heavy (non-hydrogen) atoms. The zero-order valence-corrected chi connectivity index (χ0v) is 17.1. The van der Waals surface area contributed by atoms with Crippen molar-refractivity contribution in [2.45, 2.75) is 13.8 Å². The van der Waals surface area contributed by atoms with Crippen LogP contribution in [-0.4, -0.2) is 24.6 Å². The number of rotatable bonds is 6. The molecule has 0 atom stereocenters. The Morgan fingerprint density at radius 1 is 1.03 bits per heavy atom. The number of hydrogen-bond acceptors (Lipinski definition) is 5. The number of fused-ring (bicyclic) bond motifs is 1. The lowest BCUT2D eigenvalue weighted by molar-refractivity contribution is -0.118. The number of amides is 1. The smallest absolute Gasteiger partial charge is 0.262 e. The maximum absolute atomic E-state index is 12.5. The van der Waals surface area contributed by atoms with Crippen LogP contribution in [0.3, 0.4) is 0 Å². The lowest BCUT2D eigenvalue weighted by Crippen LogP contribution is -2.20. The van der Waals surface area contributed by atoms with E-state index in [-0.39, 0.29) is 12.5 Å². The lowest BCUT2D eigenvalue weighted by atomic mass is 10.1. The molecule has 1 amide bonds.